The second kappa shape index (κ2) is 9.91. The fourth-order valence-electron chi connectivity index (χ4n) is 4.02. The van der Waals surface area contributed by atoms with Crippen molar-refractivity contribution in [2.75, 3.05) is 20.2 Å². The van der Waals surface area contributed by atoms with Crippen molar-refractivity contribution in [2.24, 2.45) is 0 Å². The zero-order valence-corrected chi connectivity index (χ0v) is 18.3. The van der Waals surface area contributed by atoms with E-state index in [1.165, 1.54) is 12.1 Å². The highest BCUT2D eigenvalue weighted by molar-refractivity contribution is 5.81. The van der Waals surface area contributed by atoms with E-state index < -0.39 is 0 Å². The van der Waals surface area contributed by atoms with Gasteiger partial charge in [0.25, 0.3) is 0 Å². The third-order valence-corrected chi connectivity index (χ3v) is 5.92. The monoisotopic (exact) mass is 438 g/mol. The van der Waals surface area contributed by atoms with Crippen LogP contribution in [0.2, 0.25) is 0 Å². The number of carbonyl (C=O) groups excluding carboxylic acids is 1. The molecular weight excluding hydrogens is 411 g/mol. The van der Waals surface area contributed by atoms with E-state index >= 15 is 0 Å². The maximum absolute atomic E-state index is 13.2. The lowest BCUT2D eigenvalue weighted by Crippen LogP contribution is -2.48. The summed E-state index contributed by atoms with van der Waals surface area (Å²) in [4.78, 5) is 19.5. The summed E-state index contributed by atoms with van der Waals surface area (Å²) < 4.78 is 24.0. The Balaban J connectivity index is 1.37. The molecule has 4 rings (SSSR count). The quantitative estimate of drug-likeness (QED) is 0.605. The summed E-state index contributed by atoms with van der Waals surface area (Å²) in [6.45, 7) is 3.82. The number of nitrogens with zero attached hydrogens (tertiary/aromatic N) is 3. The Morgan fingerprint density at radius 2 is 2.06 bits per heavy atom. The topological polar surface area (TPSA) is 80.5 Å². The van der Waals surface area contributed by atoms with E-state index in [4.69, 9.17) is 9.26 Å². The van der Waals surface area contributed by atoms with Gasteiger partial charge in [0.15, 0.2) is 0 Å². The molecule has 32 heavy (non-hydrogen) atoms. The molecule has 1 aromatic heterocycles. The first-order valence-corrected chi connectivity index (χ1v) is 10.8. The lowest BCUT2D eigenvalue weighted by Gasteiger charge is -2.34. The molecule has 1 saturated heterocycles. The Hall–Kier alpha value is -3.26. The van der Waals surface area contributed by atoms with Gasteiger partial charge in [-0.15, -0.1) is 0 Å². The number of aromatic nitrogens is 2. The summed E-state index contributed by atoms with van der Waals surface area (Å²) in [5.41, 5.74) is 1.64. The third kappa shape index (κ3) is 4.96. The number of rotatable bonds is 7. The summed E-state index contributed by atoms with van der Waals surface area (Å²) in [5, 5.41) is 7.07. The number of benzene rings is 2. The Morgan fingerprint density at radius 3 is 2.84 bits per heavy atom. The van der Waals surface area contributed by atoms with Gasteiger partial charge < -0.3 is 14.6 Å². The van der Waals surface area contributed by atoms with Crippen LogP contribution in [0, 0.1) is 5.82 Å². The van der Waals surface area contributed by atoms with Crippen LogP contribution in [0.15, 0.2) is 53.1 Å². The van der Waals surface area contributed by atoms with Crippen molar-refractivity contribution in [3.8, 4) is 17.1 Å². The van der Waals surface area contributed by atoms with Gasteiger partial charge >= 0.3 is 0 Å². The Bertz CT molecular complexity index is 1050. The second-order valence-electron chi connectivity index (χ2n) is 8.00. The van der Waals surface area contributed by atoms with Gasteiger partial charge in [-0.05, 0) is 56.6 Å². The molecule has 1 fully saturated rings. The molecule has 0 radical (unpaired) electrons. The lowest BCUT2D eigenvalue weighted by atomic mass is 9.96. The summed E-state index contributed by atoms with van der Waals surface area (Å²) in [6.07, 6.45) is 1.85. The first-order chi connectivity index (χ1) is 15.5. The number of nitrogens with one attached hydrogen (secondary N) is 1. The van der Waals surface area contributed by atoms with E-state index in [2.05, 4.69) is 20.4 Å². The largest absolute Gasteiger partial charge is 0.496 e. The fraction of sp³-hybridized carbons (Fsp3) is 0.375. The van der Waals surface area contributed by atoms with Crippen molar-refractivity contribution in [1.82, 2.24) is 20.4 Å². The summed E-state index contributed by atoms with van der Waals surface area (Å²) in [6, 6.07) is 13.4. The maximum atomic E-state index is 13.2. The first-order valence-electron chi connectivity index (χ1n) is 10.8. The van der Waals surface area contributed by atoms with E-state index in [1.807, 2.05) is 31.2 Å². The number of piperidine rings is 1. The lowest BCUT2D eigenvalue weighted by molar-refractivity contribution is -0.126. The molecule has 2 heterocycles. The minimum atomic E-state index is -0.307. The van der Waals surface area contributed by atoms with Gasteiger partial charge in [-0.1, -0.05) is 23.4 Å². The number of para-hydroxylation sites is 1. The molecule has 168 valence electrons. The molecule has 3 aromatic rings. The molecular formula is C24H27FN4O3. The van der Waals surface area contributed by atoms with Gasteiger partial charge in [0.1, 0.15) is 11.6 Å². The third-order valence-electron chi connectivity index (χ3n) is 5.92. The number of methoxy groups -OCH3 is 1. The van der Waals surface area contributed by atoms with Crippen molar-refractivity contribution in [2.45, 2.75) is 38.3 Å². The van der Waals surface area contributed by atoms with Crippen molar-refractivity contribution >= 4 is 5.91 Å². The Labute approximate surface area is 186 Å². The molecule has 7 nitrogen and oxygen atoms in total. The van der Waals surface area contributed by atoms with Crippen LogP contribution in [-0.4, -0.2) is 47.2 Å². The molecule has 1 amide bonds. The number of ether oxygens (including phenoxy) is 1. The van der Waals surface area contributed by atoms with E-state index in [9.17, 15) is 9.18 Å². The zero-order valence-electron chi connectivity index (χ0n) is 18.3. The SMILES string of the molecule is COc1ccccc1CNC(=O)C(C)N1CCCC(c2nc(-c3ccc(F)cc3)no2)C1. The van der Waals surface area contributed by atoms with Gasteiger partial charge in [-0.3, -0.25) is 9.69 Å². The predicted octanol–water partition coefficient (Wildman–Crippen LogP) is 3.77. The number of hydrogen-bond acceptors (Lipinski definition) is 6. The maximum Gasteiger partial charge on any atom is 0.237 e. The Kier molecular flexibility index (Phi) is 6.80. The van der Waals surface area contributed by atoms with Crippen molar-refractivity contribution in [3.05, 3.63) is 65.8 Å². The van der Waals surface area contributed by atoms with Crippen LogP contribution in [0.3, 0.4) is 0 Å². The first kappa shape index (κ1) is 22.0. The van der Waals surface area contributed by atoms with E-state index in [1.54, 1.807) is 19.2 Å². The number of likely N-dealkylation sites (tertiary alicyclic amines) is 1. The summed E-state index contributed by atoms with van der Waals surface area (Å²) >= 11 is 0. The molecule has 2 aromatic carbocycles. The van der Waals surface area contributed by atoms with Crippen LogP contribution in [-0.2, 0) is 11.3 Å². The summed E-state index contributed by atoms with van der Waals surface area (Å²) in [5.74, 6) is 1.46. The van der Waals surface area contributed by atoms with Crippen LogP contribution >= 0.6 is 0 Å². The van der Waals surface area contributed by atoms with E-state index in [-0.39, 0.29) is 23.7 Å². The highest BCUT2D eigenvalue weighted by Crippen LogP contribution is 2.28. The van der Waals surface area contributed by atoms with Gasteiger partial charge in [-0.25, -0.2) is 4.39 Å². The molecule has 0 aliphatic carbocycles. The molecule has 2 atom stereocenters. The van der Waals surface area contributed by atoms with E-state index in [0.717, 1.165) is 30.7 Å². The van der Waals surface area contributed by atoms with Crippen LogP contribution in [0.1, 0.15) is 37.1 Å². The zero-order chi connectivity index (χ0) is 22.5. The molecule has 1 N–H and O–H groups in total. The molecule has 1 aliphatic heterocycles. The standard InChI is InChI=1S/C24H27FN4O3/c1-16(23(30)26-14-18-6-3-4-8-21(18)31-2)29-13-5-7-19(15-29)24-27-22(28-32-24)17-9-11-20(25)12-10-17/h3-4,6,8-12,16,19H,5,7,13-15H2,1-2H3,(H,26,30). The van der Waals surface area contributed by atoms with Gasteiger partial charge in [0.05, 0.1) is 19.1 Å². The van der Waals surface area contributed by atoms with Gasteiger partial charge in [-0.2, -0.15) is 4.98 Å². The molecule has 0 saturated carbocycles. The number of halogens is 1. The summed E-state index contributed by atoms with van der Waals surface area (Å²) in [7, 11) is 1.62. The molecule has 2 unspecified atom stereocenters. The average molecular weight is 439 g/mol. The molecule has 0 spiro atoms. The predicted molar refractivity (Wildman–Crippen MR) is 118 cm³/mol. The van der Waals surface area contributed by atoms with Crippen LogP contribution < -0.4 is 10.1 Å². The van der Waals surface area contributed by atoms with Gasteiger partial charge in [0, 0.05) is 24.2 Å². The van der Waals surface area contributed by atoms with Gasteiger partial charge in [0.2, 0.25) is 17.6 Å². The Morgan fingerprint density at radius 1 is 1.28 bits per heavy atom. The molecule has 8 heteroatoms. The smallest absolute Gasteiger partial charge is 0.237 e. The van der Waals surface area contributed by atoms with Crippen molar-refractivity contribution < 1.29 is 18.4 Å². The fourth-order valence-corrected chi connectivity index (χ4v) is 4.02. The number of carbonyl (C=O) groups is 1. The number of amides is 1. The number of hydrogen-bond donors (Lipinski definition) is 1. The van der Waals surface area contributed by atoms with Crippen LogP contribution in [0.4, 0.5) is 4.39 Å². The van der Waals surface area contributed by atoms with Crippen LogP contribution in [0.25, 0.3) is 11.4 Å². The van der Waals surface area contributed by atoms with E-state index in [0.29, 0.717) is 30.4 Å². The van der Waals surface area contributed by atoms with Crippen molar-refractivity contribution in [3.63, 3.8) is 0 Å². The minimum absolute atomic E-state index is 0.0333. The highest BCUT2D eigenvalue weighted by Gasteiger charge is 2.31. The van der Waals surface area contributed by atoms with Crippen LogP contribution in [0.5, 0.6) is 5.75 Å². The van der Waals surface area contributed by atoms with Crippen molar-refractivity contribution in [1.29, 1.82) is 0 Å². The normalized spacial score (nSPS) is 17.7. The molecule has 0 bridgehead atoms. The highest BCUT2D eigenvalue weighted by atomic mass is 19.1. The second-order valence-corrected chi connectivity index (χ2v) is 8.00. The average Bonchev–Trinajstić information content (AvgIpc) is 3.33. The molecule has 1 aliphatic rings. The minimum Gasteiger partial charge on any atom is -0.496 e.